The molecule has 1 aromatic heterocycles. The van der Waals surface area contributed by atoms with Gasteiger partial charge in [-0.15, -0.1) is 0 Å². The SMILES string of the molecule is C=C(C)/C=C/C12CCC(c3nc(N(CCC)C(=C)C)c(C(=C)C)[nH]3)(CC1)CC2. The fourth-order valence-corrected chi connectivity index (χ4v) is 4.95. The average molecular weight is 380 g/mol. The van der Waals surface area contributed by atoms with Crippen molar-refractivity contribution < 1.29 is 0 Å². The zero-order chi connectivity index (χ0) is 20.5. The Balaban J connectivity index is 1.91. The van der Waals surface area contributed by atoms with Crippen LogP contribution in [0.25, 0.3) is 5.57 Å². The summed E-state index contributed by atoms with van der Waals surface area (Å²) in [5.41, 5.74) is 4.86. The molecule has 0 atom stereocenters. The van der Waals surface area contributed by atoms with Gasteiger partial charge in [0, 0.05) is 17.7 Å². The van der Waals surface area contributed by atoms with E-state index in [-0.39, 0.29) is 5.41 Å². The molecule has 3 heteroatoms. The first-order chi connectivity index (χ1) is 13.2. The number of hydrogen-bond acceptors (Lipinski definition) is 2. The lowest BCUT2D eigenvalue weighted by Crippen LogP contribution is -2.44. The van der Waals surface area contributed by atoms with E-state index in [0.29, 0.717) is 5.41 Å². The number of allylic oxidation sites excluding steroid dienone is 5. The first-order valence-electron chi connectivity index (χ1n) is 10.8. The third-order valence-electron chi connectivity index (χ3n) is 6.80. The van der Waals surface area contributed by atoms with Gasteiger partial charge in [0.2, 0.25) is 0 Å². The zero-order valence-electron chi connectivity index (χ0n) is 18.3. The van der Waals surface area contributed by atoms with Crippen LogP contribution in [0.3, 0.4) is 0 Å². The number of nitrogens with zero attached hydrogens (tertiary/aromatic N) is 2. The predicted molar refractivity (Wildman–Crippen MR) is 122 cm³/mol. The summed E-state index contributed by atoms with van der Waals surface area (Å²) in [6.07, 6.45) is 13.1. The molecule has 3 saturated carbocycles. The Morgan fingerprint density at radius 2 is 1.68 bits per heavy atom. The van der Waals surface area contributed by atoms with Gasteiger partial charge in [-0.1, -0.05) is 44.4 Å². The molecular formula is C25H37N3. The van der Waals surface area contributed by atoms with Gasteiger partial charge < -0.3 is 9.88 Å². The predicted octanol–water partition coefficient (Wildman–Crippen LogP) is 6.92. The Morgan fingerprint density at radius 1 is 1.07 bits per heavy atom. The Bertz CT molecular complexity index is 783. The molecule has 1 N–H and O–H groups in total. The minimum atomic E-state index is 0.189. The molecule has 3 nitrogen and oxygen atoms in total. The number of rotatable bonds is 8. The Hall–Kier alpha value is -2.03. The smallest absolute Gasteiger partial charge is 0.158 e. The first kappa shape index (κ1) is 20.7. The largest absolute Gasteiger partial charge is 0.340 e. The van der Waals surface area contributed by atoms with Crippen molar-refractivity contribution in [2.24, 2.45) is 5.41 Å². The first-order valence-corrected chi connectivity index (χ1v) is 10.8. The minimum absolute atomic E-state index is 0.189. The highest BCUT2D eigenvalue weighted by molar-refractivity contribution is 5.71. The maximum atomic E-state index is 5.18. The van der Waals surface area contributed by atoms with Crippen LogP contribution >= 0.6 is 0 Å². The molecule has 4 rings (SSSR count). The Labute approximate surface area is 171 Å². The fourth-order valence-electron chi connectivity index (χ4n) is 4.95. The number of imidazole rings is 1. The van der Waals surface area contributed by atoms with Crippen LogP contribution in [0.4, 0.5) is 5.82 Å². The summed E-state index contributed by atoms with van der Waals surface area (Å²) in [5, 5.41) is 0. The lowest BCUT2D eigenvalue weighted by Gasteiger charge is -2.51. The summed E-state index contributed by atoms with van der Waals surface area (Å²) in [4.78, 5) is 11.1. The topological polar surface area (TPSA) is 31.9 Å². The molecule has 2 bridgehead atoms. The molecule has 0 amide bonds. The lowest BCUT2D eigenvalue weighted by molar-refractivity contribution is 0.0738. The molecule has 1 heterocycles. The van der Waals surface area contributed by atoms with Gasteiger partial charge in [-0.25, -0.2) is 4.98 Å². The molecule has 0 aliphatic heterocycles. The van der Waals surface area contributed by atoms with E-state index >= 15 is 0 Å². The van der Waals surface area contributed by atoms with Gasteiger partial charge in [0.25, 0.3) is 0 Å². The normalized spacial score (nSPS) is 26.6. The number of aromatic amines is 1. The van der Waals surface area contributed by atoms with E-state index in [2.05, 4.69) is 69.5 Å². The summed E-state index contributed by atoms with van der Waals surface area (Å²) in [5.74, 6) is 2.18. The Kier molecular flexibility index (Phi) is 5.74. The van der Waals surface area contributed by atoms with Crippen LogP contribution in [-0.4, -0.2) is 16.5 Å². The van der Waals surface area contributed by atoms with E-state index in [1.807, 2.05) is 0 Å². The van der Waals surface area contributed by atoms with E-state index < -0.39 is 0 Å². The van der Waals surface area contributed by atoms with Gasteiger partial charge in [0.15, 0.2) is 5.82 Å². The summed E-state index contributed by atoms with van der Waals surface area (Å²) >= 11 is 0. The van der Waals surface area contributed by atoms with Crippen molar-refractivity contribution in [3.63, 3.8) is 0 Å². The van der Waals surface area contributed by atoms with Gasteiger partial charge in [-0.3, -0.25) is 0 Å². The van der Waals surface area contributed by atoms with Crippen LogP contribution < -0.4 is 4.90 Å². The van der Waals surface area contributed by atoms with Crippen molar-refractivity contribution in [2.45, 2.75) is 78.1 Å². The number of anilines is 1. The lowest BCUT2D eigenvalue weighted by atomic mass is 9.53. The number of fused-ring (bicyclic) bond motifs is 3. The van der Waals surface area contributed by atoms with Gasteiger partial charge in [-0.05, 0) is 76.7 Å². The van der Waals surface area contributed by atoms with Gasteiger partial charge in [0.05, 0.1) is 5.69 Å². The van der Waals surface area contributed by atoms with Crippen molar-refractivity contribution in [1.29, 1.82) is 0 Å². The standard InChI is InChI=1S/C25H37N3/c1-8-17-28(20(6)7)22-21(19(4)5)26-23(27-22)25-14-11-24(12-15-25,13-16-25)10-9-18(2)3/h9-10H,2,4,6,8,11-17H2,1,3,5,7H3,(H,26,27)/b10-9+. The molecule has 0 unspecified atom stereocenters. The molecule has 3 aliphatic carbocycles. The van der Waals surface area contributed by atoms with Gasteiger partial charge in [-0.2, -0.15) is 0 Å². The number of aromatic nitrogens is 2. The van der Waals surface area contributed by atoms with Gasteiger partial charge >= 0.3 is 0 Å². The van der Waals surface area contributed by atoms with Crippen molar-refractivity contribution >= 4 is 11.4 Å². The average Bonchev–Trinajstić information content (AvgIpc) is 3.12. The maximum absolute atomic E-state index is 5.18. The quantitative estimate of drug-likeness (QED) is 0.497. The van der Waals surface area contributed by atoms with Crippen molar-refractivity contribution in [2.75, 3.05) is 11.4 Å². The second-order valence-corrected chi connectivity index (χ2v) is 9.27. The molecule has 3 fully saturated rings. The van der Waals surface area contributed by atoms with E-state index in [0.717, 1.165) is 41.3 Å². The van der Waals surface area contributed by atoms with Crippen LogP contribution in [0.15, 0.2) is 43.2 Å². The molecule has 1 aromatic rings. The van der Waals surface area contributed by atoms with E-state index in [1.54, 1.807) is 0 Å². The Morgan fingerprint density at radius 3 is 2.14 bits per heavy atom. The van der Waals surface area contributed by atoms with E-state index in [1.165, 1.54) is 44.3 Å². The second-order valence-electron chi connectivity index (χ2n) is 9.27. The minimum Gasteiger partial charge on any atom is -0.340 e. The van der Waals surface area contributed by atoms with Crippen LogP contribution in [0.2, 0.25) is 0 Å². The van der Waals surface area contributed by atoms with Crippen LogP contribution in [0.5, 0.6) is 0 Å². The summed E-state index contributed by atoms with van der Waals surface area (Å²) < 4.78 is 0. The molecule has 0 spiro atoms. The van der Waals surface area contributed by atoms with Crippen LogP contribution in [0, 0.1) is 5.41 Å². The van der Waals surface area contributed by atoms with Crippen LogP contribution in [0.1, 0.15) is 84.2 Å². The third-order valence-corrected chi connectivity index (χ3v) is 6.80. The molecule has 0 aromatic carbocycles. The molecular weight excluding hydrogens is 342 g/mol. The molecule has 3 aliphatic rings. The molecule has 152 valence electrons. The molecule has 0 radical (unpaired) electrons. The summed E-state index contributed by atoms with van der Waals surface area (Å²) in [6, 6.07) is 0. The van der Waals surface area contributed by atoms with Crippen LogP contribution in [-0.2, 0) is 5.41 Å². The van der Waals surface area contributed by atoms with Gasteiger partial charge in [0.1, 0.15) is 5.82 Å². The number of nitrogens with one attached hydrogen (secondary N) is 1. The van der Waals surface area contributed by atoms with E-state index in [9.17, 15) is 0 Å². The van der Waals surface area contributed by atoms with Crippen molar-refractivity contribution in [3.8, 4) is 0 Å². The third kappa shape index (κ3) is 3.76. The fraction of sp³-hybridized carbons (Fsp3) is 0.560. The molecule has 0 saturated heterocycles. The van der Waals surface area contributed by atoms with Crippen molar-refractivity contribution in [1.82, 2.24) is 9.97 Å². The summed E-state index contributed by atoms with van der Waals surface area (Å²) in [6.45, 7) is 21.8. The van der Waals surface area contributed by atoms with E-state index in [4.69, 9.17) is 4.98 Å². The maximum Gasteiger partial charge on any atom is 0.158 e. The highest BCUT2D eigenvalue weighted by Gasteiger charge is 2.50. The number of H-pyrrole nitrogens is 1. The molecule has 28 heavy (non-hydrogen) atoms. The van der Waals surface area contributed by atoms with Crippen molar-refractivity contribution in [3.05, 3.63) is 54.7 Å². The zero-order valence-corrected chi connectivity index (χ0v) is 18.3. The highest BCUT2D eigenvalue weighted by atomic mass is 15.2. The second kappa shape index (κ2) is 7.77. The highest BCUT2D eigenvalue weighted by Crippen LogP contribution is 2.58. The summed E-state index contributed by atoms with van der Waals surface area (Å²) in [7, 11) is 0. The number of hydrogen-bond donors (Lipinski definition) is 1. The monoisotopic (exact) mass is 379 g/mol.